The summed E-state index contributed by atoms with van der Waals surface area (Å²) >= 11 is 0. The zero-order valence-corrected chi connectivity index (χ0v) is 10.9. The molecule has 1 saturated heterocycles. The smallest absolute Gasteiger partial charge is 0.149 e. The van der Waals surface area contributed by atoms with Crippen LogP contribution in [0.2, 0.25) is 0 Å². The van der Waals surface area contributed by atoms with Crippen LogP contribution in [0.5, 0.6) is 0 Å². The Balaban J connectivity index is 1.92. The number of hydrogen-bond acceptors (Lipinski definition) is 4. The number of aromatic nitrogens is 1. The average Bonchev–Trinajstić information content (AvgIpc) is 2.93. The number of ketones is 1. The predicted molar refractivity (Wildman–Crippen MR) is 70.5 cm³/mol. The van der Waals surface area contributed by atoms with Crippen molar-refractivity contribution >= 4 is 11.5 Å². The highest BCUT2D eigenvalue weighted by molar-refractivity contribution is 5.84. The van der Waals surface area contributed by atoms with Gasteiger partial charge < -0.3 is 5.32 Å². The van der Waals surface area contributed by atoms with Gasteiger partial charge in [-0.1, -0.05) is 13.8 Å². The van der Waals surface area contributed by atoms with Gasteiger partial charge in [-0.05, 0) is 19.0 Å². The average molecular weight is 245 g/mol. The fraction of sp³-hybridized carbons (Fsp3) is 0.571. The summed E-state index contributed by atoms with van der Waals surface area (Å²) in [6.45, 7) is 4.99. The molecule has 1 aromatic rings. The molecule has 0 saturated carbocycles. The topological polar surface area (TPSA) is 45.2 Å². The van der Waals surface area contributed by atoms with Crippen LogP contribution < -0.4 is 5.32 Å². The lowest BCUT2D eigenvalue weighted by Gasteiger charge is -2.27. The summed E-state index contributed by atoms with van der Waals surface area (Å²) in [4.78, 5) is 18.6. The fourth-order valence-corrected chi connectivity index (χ4v) is 3.37. The van der Waals surface area contributed by atoms with E-state index in [0.29, 0.717) is 18.1 Å². The number of Topliss-reactive ketones (excluding diaryl/α,β-unsaturated/α-hetero) is 1. The van der Waals surface area contributed by atoms with Crippen molar-refractivity contribution in [1.82, 2.24) is 9.88 Å². The van der Waals surface area contributed by atoms with Crippen LogP contribution in [0.15, 0.2) is 18.5 Å². The van der Waals surface area contributed by atoms with Crippen molar-refractivity contribution < 1.29 is 4.79 Å². The van der Waals surface area contributed by atoms with Crippen LogP contribution in [0.25, 0.3) is 0 Å². The molecule has 0 amide bonds. The monoisotopic (exact) mass is 245 g/mol. The van der Waals surface area contributed by atoms with Gasteiger partial charge in [-0.25, -0.2) is 0 Å². The molecule has 18 heavy (non-hydrogen) atoms. The summed E-state index contributed by atoms with van der Waals surface area (Å²) in [7, 11) is 0. The Morgan fingerprint density at radius 3 is 3.11 bits per heavy atom. The van der Waals surface area contributed by atoms with E-state index in [2.05, 4.69) is 22.1 Å². The second kappa shape index (κ2) is 4.35. The molecule has 3 heterocycles. The predicted octanol–water partition coefficient (Wildman–Crippen LogP) is 1.99. The number of anilines is 1. The number of pyridine rings is 1. The normalized spacial score (nSPS) is 29.8. The summed E-state index contributed by atoms with van der Waals surface area (Å²) in [6, 6.07) is 2.11. The molecule has 3 atom stereocenters. The van der Waals surface area contributed by atoms with Crippen LogP contribution in [0.1, 0.15) is 38.2 Å². The molecule has 2 aliphatic heterocycles. The molecule has 1 fully saturated rings. The standard InChI is InChI=1S/C14H19N3O/c1-3-13(18)12-7-9-10-8-15-6-5-11(10)16-14(9)17(12)4-2/h5-6,8-9,12,14,16H,3-4,7H2,1-2H3. The van der Waals surface area contributed by atoms with Crippen LogP contribution >= 0.6 is 0 Å². The first-order valence-corrected chi connectivity index (χ1v) is 6.75. The minimum Gasteiger partial charge on any atom is -0.369 e. The number of carbonyl (C=O) groups excluding carboxylic acids is 1. The Bertz CT molecular complexity index is 474. The van der Waals surface area contributed by atoms with E-state index in [0.717, 1.165) is 13.0 Å². The van der Waals surface area contributed by atoms with Gasteiger partial charge in [0.2, 0.25) is 0 Å². The molecule has 0 aliphatic carbocycles. The van der Waals surface area contributed by atoms with Crippen LogP contribution in [-0.2, 0) is 4.79 Å². The van der Waals surface area contributed by atoms with Crippen molar-refractivity contribution in [3.63, 3.8) is 0 Å². The lowest BCUT2D eigenvalue weighted by molar-refractivity contribution is -0.123. The van der Waals surface area contributed by atoms with Crippen molar-refractivity contribution in [2.75, 3.05) is 11.9 Å². The largest absolute Gasteiger partial charge is 0.369 e. The first kappa shape index (κ1) is 11.7. The van der Waals surface area contributed by atoms with Crippen molar-refractivity contribution in [3.05, 3.63) is 24.0 Å². The van der Waals surface area contributed by atoms with Crippen LogP contribution in [0.3, 0.4) is 0 Å². The van der Waals surface area contributed by atoms with E-state index in [1.54, 1.807) is 0 Å². The summed E-state index contributed by atoms with van der Waals surface area (Å²) in [6.07, 6.45) is 5.59. The van der Waals surface area contributed by atoms with Gasteiger partial charge in [0.15, 0.2) is 0 Å². The van der Waals surface area contributed by atoms with Gasteiger partial charge >= 0.3 is 0 Å². The SMILES string of the molecule is CCC(=O)C1CC2c3cnccc3NC2N1CC. The van der Waals surface area contributed by atoms with Gasteiger partial charge in [-0.15, -0.1) is 0 Å². The molecule has 1 N–H and O–H groups in total. The Kier molecular flexibility index (Phi) is 2.82. The molecule has 0 aromatic carbocycles. The first-order valence-electron chi connectivity index (χ1n) is 6.75. The number of carbonyl (C=O) groups is 1. The Morgan fingerprint density at radius 1 is 1.56 bits per heavy atom. The van der Waals surface area contributed by atoms with Crippen LogP contribution in [0, 0.1) is 0 Å². The Labute approximate surface area is 107 Å². The molecular weight excluding hydrogens is 226 g/mol. The van der Waals surface area contributed by atoms with Gasteiger partial charge in [0.1, 0.15) is 5.78 Å². The molecule has 3 rings (SSSR count). The molecule has 0 bridgehead atoms. The third-order valence-electron chi connectivity index (χ3n) is 4.26. The van der Waals surface area contributed by atoms with E-state index in [4.69, 9.17) is 0 Å². The zero-order chi connectivity index (χ0) is 12.7. The summed E-state index contributed by atoms with van der Waals surface area (Å²) in [5.41, 5.74) is 2.45. The quantitative estimate of drug-likeness (QED) is 0.884. The molecule has 2 aliphatic rings. The molecule has 0 spiro atoms. The van der Waals surface area contributed by atoms with Crippen molar-refractivity contribution in [2.45, 2.75) is 44.8 Å². The summed E-state index contributed by atoms with van der Waals surface area (Å²) < 4.78 is 0. The van der Waals surface area contributed by atoms with Gasteiger partial charge in [0, 0.05) is 36.0 Å². The number of fused-ring (bicyclic) bond motifs is 3. The molecule has 0 radical (unpaired) electrons. The van der Waals surface area contributed by atoms with E-state index in [1.165, 1.54) is 11.3 Å². The number of hydrogen-bond donors (Lipinski definition) is 1. The van der Waals surface area contributed by atoms with Gasteiger partial charge in [0.05, 0.1) is 12.2 Å². The van der Waals surface area contributed by atoms with Crippen molar-refractivity contribution in [2.24, 2.45) is 0 Å². The Hall–Kier alpha value is -1.42. The third-order valence-corrected chi connectivity index (χ3v) is 4.26. The number of likely N-dealkylation sites (N-methyl/N-ethyl adjacent to an activating group) is 1. The second-order valence-corrected chi connectivity index (χ2v) is 5.06. The van der Waals surface area contributed by atoms with Crippen molar-refractivity contribution in [1.29, 1.82) is 0 Å². The van der Waals surface area contributed by atoms with Gasteiger partial charge in [0.25, 0.3) is 0 Å². The summed E-state index contributed by atoms with van der Waals surface area (Å²) in [5, 5.41) is 3.54. The fourth-order valence-electron chi connectivity index (χ4n) is 3.37. The van der Waals surface area contributed by atoms with E-state index < -0.39 is 0 Å². The molecular formula is C14H19N3O. The molecule has 4 heteroatoms. The maximum Gasteiger partial charge on any atom is 0.149 e. The highest BCUT2D eigenvalue weighted by atomic mass is 16.1. The van der Waals surface area contributed by atoms with E-state index in [9.17, 15) is 4.79 Å². The zero-order valence-electron chi connectivity index (χ0n) is 10.9. The minimum atomic E-state index is 0.0795. The van der Waals surface area contributed by atoms with E-state index in [1.807, 2.05) is 25.4 Å². The first-order chi connectivity index (χ1) is 8.76. The number of nitrogens with zero attached hydrogens (tertiary/aromatic N) is 2. The second-order valence-electron chi connectivity index (χ2n) is 5.06. The highest BCUT2D eigenvalue weighted by Gasteiger charge is 2.47. The van der Waals surface area contributed by atoms with E-state index >= 15 is 0 Å². The highest BCUT2D eigenvalue weighted by Crippen LogP contribution is 2.45. The lowest BCUT2D eigenvalue weighted by atomic mass is 9.96. The van der Waals surface area contributed by atoms with Crippen molar-refractivity contribution in [3.8, 4) is 0 Å². The number of likely N-dealkylation sites (tertiary alicyclic amines) is 1. The lowest BCUT2D eigenvalue weighted by Crippen LogP contribution is -2.43. The van der Waals surface area contributed by atoms with E-state index in [-0.39, 0.29) is 12.2 Å². The minimum absolute atomic E-state index is 0.0795. The van der Waals surface area contributed by atoms with Gasteiger partial charge in [-0.3, -0.25) is 14.7 Å². The number of rotatable bonds is 3. The summed E-state index contributed by atoms with van der Waals surface area (Å²) in [5.74, 6) is 0.771. The molecule has 3 unspecified atom stereocenters. The van der Waals surface area contributed by atoms with Crippen LogP contribution in [0.4, 0.5) is 5.69 Å². The van der Waals surface area contributed by atoms with Gasteiger partial charge in [-0.2, -0.15) is 0 Å². The molecule has 1 aromatic heterocycles. The molecule has 96 valence electrons. The van der Waals surface area contributed by atoms with Crippen LogP contribution in [-0.4, -0.2) is 34.4 Å². The Morgan fingerprint density at radius 2 is 2.39 bits per heavy atom. The molecule has 4 nitrogen and oxygen atoms in total. The third kappa shape index (κ3) is 1.56. The maximum atomic E-state index is 12.0. The maximum absolute atomic E-state index is 12.0. The number of nitrogens with one attached hydrogen (secondary N) is 1.